The van der Waals surface area contributed by atoms with Gasteiger partial charge in [0.15, 0.2) is 5.11 Å². The molecule has 116 valence electrons. The van der Waals surface area contributed by atoms with Crippen LogP contribution < -0.4 is 16.0 Å². The number of alkyl halides is 3. The van der Waals surface area contributed by atoms with Gasteiger partial charge < -0.3 is 16.0 Å². The van der Waals surface area contributed by atoms with Gasteiger partial charge in [-0.05, 0) is 36.5 Å². The zero-order chi connectivity index (χ0) is 16.0. The van der Waals surface area contributed by atoms with E-state index in [1.807, 2.05) is 0 Å². The van der Waals surface area contributed by atoms with Gasteiger partial charge in [-0.3, -0.25) is 4.79 Å². The highest BCUT2D eigenvalue weighted by molar-refractivity contribution is 7.80. The Morgan fingerprint density at radius 2 is 1.86 bits per heavy atom. The number of hydrogen-bond donors (Lipinski definition) is 3. The van der Waals surface area contributed by atoms with E-state index >= 15 is 0 Å². The van der Waals surface area contributed by atoms with E-state index in [2.05, 4.69) is 16.0 Å². The standard InChI is InChI=1S/C12H13Cl3FN3OS/c1-2-9(20)18-10(12(13,14)15)19-11(21)17-8-5-3-7(16)4-6-8/h3-6,10H,2H2,1H3,(H,18,20)(H2,17,19,21)/t10-/m1/s1. The molecule has 4 nitrogen and oxygen atoms in total. The van der Waals surface area contributed by atoms with Crippen LogP contribution in [0.25, 0.3) is 0 Å². The van der Waals surface area contributed by atoms with Crippen LogP contribution in [0.3, 0.4) is 0 Å². The van der Waals surface area contributed by atoms with Crippen LogP contribution in [0.1, 0.15) is 13.3 Å². The molecule has 0 saturated heterocycles. The molecule has 0 heterocycles. The fourth-order valence-electron chi connectivity index (χ4n) is 1.29. The van der Waals surface area contributed by atoms with Crippen LogP contribution in [0.4, 0.5) is 10.1 Å². The van der Waals surface area contributed by atoms with Crippen molar-refractivity contribution in [3.63, 3.8) is 0 Å². The zero-order valence-electron chi connectivity index (χ0n) is 10.9. The molecular weight excluding hydrogens is 360 g/mol. The number of rotatable bonds is 4. The van der Waals surface area contributed by atoms with E-state index in [1.165, 1.54) is 24.3 Å². The maximum Gasteiger partial charge on any atom is 0.228 e. The Balaban J connectivity index is 2.67. The van der Waals surface area contributed by atoms with Crippen LogP contribution in [0.5, 0.6) is 0 Å². The highest BCUT2D eigenvalue weighted by Gasteiger charge is 2.34. The van der Waals surface area contributed by atoms with E-state index in [-0.39, 0.29) is 23.3 Å². The highest BCUT2D eigenvalue weighted by atomic mass is 35.6. The van der Waals surface area contributed by atoms with Gasteiger partial charge in [0.1, 0.15) is 12.0 Å². The summed E-state index contributed by atoms with van der Waals surface area (Å²) < 4.78 is 11.0. The molecule has 9 heteroatoms. The van der Waals surface area contributed by atoms with Crippen molar-refractivity contribution < 1.29 is 9.18 Å². The minimum atomic E-state index is -1.79. The van der Waals surface area contributed by atoms with Gasteiger partial charge in [0, 0.05) is 12.1 Å². The molecule has 0 fully saturated rings. The van der Waals surface area contributed by atoms with Gasteiger partial charge in [-0.15, -0.1) is 0 Å². The summed E-state index contributed by atoms with van der Waals surface area (Å²) in [4.78, 5) is 11.4. The van der Waals surface area contributed by atoms with E-state index in [0.29, 0.717) is 5.69 Å². The molecule has 0 radical (unpaired) electrons. The predicted octanol–water partition coefficient (Wildman–Crippen LogP) is 3.33. The molecule has 1 atom stereocenters. The second-order valence-corrected chi connectivity index (χ2v) is 6.78. The van der Waals surface area contributed by atoms with Crippen molar-refractivity contribution in [3.05, 3.63) is 30.1 Å². The average Bonchev–Trinajstić information content (AvgIpc) is 2.39. The molecule has 3 N–H and O–H groups in total. The number of carbonyl (C=O) groups excluding carboxylic acids is 1. The minimum Gasteiger partial charge on any atom is -0.339 e. The molecule has 0 aliphatic heterocycles. The number of thiocarbonyl (C=S) groups is 1. The molecule has 21 heavy (non-hydrogen) atoms. The van der Waals surface area contributed by atoms with Gasteiger partial charge in [-0.25, -0.2) is 4.39 Å². The molecule has 1 aromatic carbocycles. The molecular formula is C12H13Cl3FN3OS. The van der Waals surface area contributed by atoms with E-state index in [4.69, 9.17) is 47.0 Å². The number of carbonyl (C=O) groups is 1. The summed E-state index contributed by atoms with van der Waals surface area (Å²) in [7, 11) is 0. The molecule has 0 aliphatic rings. The number of anilines is 1. The lowest BCUT2D eigenvalue weighted by Crippen LogP contribution is -2.56. The van der Waals surface area contributed by atoms with Crippen LogP contribution in [0, 0.1) is 5.82 Å². The van der Waals surface area contributed by atoms with Crippen LogP contribution in [0.15, 0.2) is 24.3 Å². The zero-order valence-corrected chi connectivity index (χ0v) is 14.0. The van der Waals surface area contributed by atoms with Crippen molar-refractivity contribution in [3.8, 4) is 0 Å². The van der Waals surface area contributed by atoms with E-state index in [0.717, 1.165) is 0 Å². The third-order valence-electron chi connectivity index (χ3n) is 2.33. The summed E-state index contributed by atoms with van der Waals surface area (Å²) in [5.74, 6) is -0.669. The van der Waals surface area contributed by atoms with E-state index in [9.17, 15) is 9.18 Å². The minimum absolute atomic E-state index is 0.120. The fraction of sp³-hybridized carbons (Fsp3) is 0.333. The smallest absolute Gasteiger partial charge is 0.228 e. The molecule has 0 saturated carbocycles. The lowest BCUT2D eigenvalue weighted by Gasteiger charge is -2.27. The number of nitrogens with one attached hydrogen (secondary N) is 3. The normalized spacial score (nSPS) is 12.4. The second-order valence-electron chi connectivity index (χ2n) is 4.00. The van der Waals surface area contributed by atoms with Gasteiger partial charge in [0.25, 0.3) is 0 Å². The maximum atomic E-state index is 12.8. The number of amides is 1. The van der Waals surface area contributed by atoms with E-state index < -0.39 is 9.96 Å². The monoisotopic (exact) mass is 371 g/mol. The Bertz CT molecular complexity index is 507. The summed E-state index contributed by atoms with van der Waals surface area (Å²) >= 11 is 22.4. The molecule has 1 amide bonds. The van der Waals surface area contributed by atoms with Gasteiger partial charge >= 0.3 is 0 Å². The quantitative estimate of drug-likeness (QED) is 0.431. The summed E-state index contributed by atoms with van der Waals surface area (Å²) in [6.45, 7) is 1.67. The summed E-state index contributed by atoms with van der Waals surface area (Å²) in [6, 6.07) is 5.54. The Labute approximate surface area is 142 Å². The summed E-state index contributed by atoms with van der Waals surface area (Å²) in [6.07, 6.45) is -0.771. The molecule has 0 spiro atoms. The summed E-state index contributed by atoms with van der Waals surface area (Å²) in [5, 5.41) is 8.09. The third-order valence-corrected chi connectivity index (χ3v) is 3.21. The van der Waals surface area contributed by atoms with Crippen LogP contribution in [-0.2, 0) is 4.79 Å². The first-order chi connectivity index (χ1) is 9.72. The highest BCUT2D eigenvalue weighted by Crippen LogP contribution is 2.29. The molecule has 0 unspecified atom stereocenters. The molecule has 0 aromatic heterocycles. The van der Waals surface area contributed by atoms with Crippen molar-refractivity contribution in [2.24, 2.45) is 0 Å². The maximum absolute atomic E-state index is 12.8. The van der Waals surface area contributed by atoms with Gasteiger partial charge in [-0.2, -0.15) is 0 Å². The fourth-order valence-corrected chi connectivity index (χ4v) is 1.86. The number of benzene rings is 1. The van der Waals surface area contributed by atoms with Crippen LogP contribution in [0.2, 0.25) is 0 Å². The second kappa shape index (κ2) is 7.98. The lowest BCUT2D eigenvalue weighted by atomic mass is 10.3. The van der Waals surface area contributed by atoms with E-state index in [1.54, 1.807) is 6.92 Å². The van der Waals surface area contributed by atoms with Crippen molar-refractivity contribution in [2.45, 2.75) is 23.3 Å². The van der Waals surface area contributed by atoms with Gasteiger partial charge in [0.2, 0.25) is 9.70 Å². The molecule has 0 bridgehead atoms. The predicted molar refractivity (Wildman–Crippen MR) is 88.3 cm³/mol. The molecule has 1 rings (SSSR count). The van der Waals surface area contributed by atoms with Crippen LogP contribution in [-0.4, -0.2) is 21.0 Å². The molecule has 0 aliphatic carbocycles. The van der Waals surface area contributed by atoms with Crippen molar-refractivity contribution >= 4 is 63.7 Å². The van der Waals surface area contributed by atoms with Gasteiger partial charge in [-0.1, -0.05) is 41.7 Å². The first kappa shape index (κ1) is 18.2. The Hall–Kier alpha value is -0.820. The van der Waals surface area contributed by atoms with Crippen molar-refractivity contribution in [1.29, 1.82) is 0 Å². The lowest BCUT2D eigenvalue weighted by molar-refractivity contribution is -0.121. The Kier molecular flexibility index (Phi) is 6.93. The average molecular weight is 373 g/mol. The Morgan fingerprint density at radius 3 is 2.33 bits per heavy atom. The van der Waals surface area contributed by atoms with Crippen molar-refractivity contribution in [2.75, 3.05) is 5.32 Å². The Morgan fingerprint density at radius 1 is 1.29 bits per heavy atom. The third kappa shape index (κ3) is 6.65. The largest absolute Gasteiger partial charge is 0.339 e. The first-order valence-electron chi connectivity index (χ1n) is 5.91. The molecule has 1 aromatic rings. The number of hydrogen-bond acceptors (Lipinski definition) is 2. The van der Waals surface area contributed by atoms with Crippen molar-refractivity contribution in [1.82, 2.24) is 10.6 Å². The SMILES string of the molecule is CCC(=O)N[C@H](NC(=S)Nc1ccc(F)cc1)C(Cl)(Cl)Cl. The first-order valence-corrected chi connectivity index (χ1v) is 7.45. The topological polar surface area (TPSA) is 53.2 Å². The van der Waals surface area contributed by atoms with Gasteiger partial charge in [0.05, 0.1) is 0 Å². The van der Waals surface area contributed by atoms with Crippen LogP contribution >= 0.6 is 47.0 Å². The number of halogens is 4. The summed E-state index contributed by atoms with van der Waals surface area (Å²) in [5.41, 5.74) is 0.554.